The van der Waals surface area contributed by atoms with Crippen molar-refractivity contribution < 1.29 is 14.3 Å². The molecule has 0 spiro atoms. The number of rotatable bonds is 3. The van der Waals surface area contributed by atoms with Gasteiger partial charge in [0.15, 0.2) is 0 Å². The van der Waals surface area contributed by atoms with E-state index in [-0.39, 0.29) is 12.0 Å². The van der Waals surface area contributed by atoms with Gasteiger partial charge in [-0.1, -0.05) is 0 Å². The quantitative estimate of drug-likeness (QED) is 0.815. The molecule has 2 unspecified atom stereocenters. The number of aliphatic hydroxyl groups excluding tert-OH is 1. The summed E-state index contributed by atoms with van der Waals surface area (Å²) < 4.78 is 13.3. The lowest BCUT2D eigenvalue weighted by Gasteiger charge is -2.20. The molecule has 1 fully saturated rings. The number of aliphatic hydroxyl groups is 1. The van der Waals surface area contributed by atoms with Gasteiger partial charge in [0.05, 0.1) is 6.10 Å². The van der Waals surface area contributed by atoms with Crippen LogP contribution in [-0.2, 0) is 0 Å². The number of halogens is 1. The van der Waals surface area contributed by atoms with Crippen molar-refractivity contribution in [2.45, 2.75) is 19.4 Å². The fourth-order valence-corrected chi connectivity index (χ4v) is 2.26. The van der Waals surface area contributed by atoms with Gasteiger partial charge in [0.2, 0.25) is 0 Å². The van der Waals surface area contributed by atoms with Crippen LogP contribution in [0.2, 0.25) is 0 Å². The van der Waals surface area contributed by atoms with E-state index in [1.54, 1.807) is 13.0 Å². The Morgan fingerprint density at radius 1 is 1.53 bits per heavy atom. The maximum atomic E-state index is 13.3. The van der Waals surface area contributed by atoms with Gasteiger partial charge in [-0.2, -0.15) is 0 Å². The molecule has 0 aliphatic carbocycles. The molecule has 2 atom stereocenters. The van der Waals surface area contributed by atoms with Crippen LogP contribution in [0.3, 0.4) is 0 Å². The van der Waals surface area contributed by atoms with Crippen molar-refractivity contribution in [1.29, 1.82) is 0 Å². The fourth-order valence-electron chi connectivity index (χ4n) is 2.26. The molecule has 1 aliphatic heterocycles. The highest BCUT2D eigenvalue weighted by Gasteiger charge is 2.26. The molecule has 17 heavy (non-hydrogen) atoms. The molecule has 92 valence electrons. The summed E-state index contributed by atoms with van der Waals surface area (Å²) in [7, 11) is 0. The molecule has 1 aromatic rings. The Morgan fingerprint density at radius 2 is 2.29 bits per heavy atom. The Kier molecular flexibility index (Phi) is 3.43. The normalized spacial score (nSPS) is 21.6. The first kappa shape index (κ1) is 12.0. The molecule has 0 amide bonds. The van der Waals surface area contributed by atoms with Crippen LogP contribution in [0.15, 0.2) is 18.2 Å². The van der Waals surface area contributed by atoms with Crippen LogP contribution in [0.5, 0.6) is 0 Å². The molecule has 0 saturated carbocycles. The zero-order chi connectivity index (χ0) is 12.4. The lowest BCUT2D eigenvalue weighted by Crippen LogP contribution is -2.24. The highest BCUT2D eigenvalue weighted by Crippen LogP contribution is 2.26. The van der Waals surface area contributed by atoms with E-state index in [9.17, 15) is 14.3 Å². The van der Waals surface area contributed by atoms with E-state index in [0.717, 1.165) is 18.7 Å². The third-order valence-corrected chi connectivity index (χ3v) is 3.31. The Labute approximate surface area is 99.9 Å². The third kappa shape index (κ3) is 2.64. The number of benzene rings is 1. The summed E-state index contributed by atoms with van der Waals surface area (Å²) in [5, 5.41) is 9.52. The van der Waals surface area contributed by atoms with E-state index >= 15 is 0 Å². The Morgan fingerprint density at radius 3 is 2.88 bits per heavy atom. The molecule has 1 aliphatic rings. The largest absolute Gasteiger partial charge is 0.393 e. The number of aldehydes is 1. The summed E-state index contributed by atoms with van der Waals surface area (Å²) in [5.74, 6) is -0.178. The van der Waals surface area contributed by atoms with Gasteiger partial charge in [-0.15, -0.1) is 0 Å². The molecular formula is C13H16FNO2. The van der Waals surface area contributed by atoms with Crippen molar-refractivity contribution in [1.82, 2.24) is 0 Å². The van der Waals surface area contributed by atoms with Gasteiger partial charge in [0, 0.05) is 30.3 Å². The predicted molar refractivity (Wildman–Crippen MR) is 63.8 cm³/mol. The minimum Gasteiger partial charge on any atom is -0.393 e. The number of hydrogen-bond acceptors (Lipinski definition) is 3. The van der Waals surface area contributed by atoms with Gasteiger partial charge in [-0.05, 0) is 31.5 Å². The molecule has 3 nitrogen and oxygen atoms in total. The van der Waals surface area contributed by atoms with Crippen molar-refractivity contribution in [3.8, 4) is 0 Å². The second-order valence-corrected chi connectivity index (χ2v) is 4.60. The summed E-state index contributed by atoms with van der Waals surface area (Å²) in [6.45, 7) is 3.27. The fraction of sp³-hybridized carbons (Fsp3) is 0.462. The highest BCUT2D eigenvalue weighted by atomic mass is 19.1. The van der Waals surface area contributed by atoms with Crippen LogP contribution < -0.4 is 4.90 Å². The maximum absolute atomic E-state index is 13.3. The van der Waals surface area contributed by atoms with Crippen LogP contribution in [0, 0.1) is 11.7 Å². The van der Waals surface area contributed by atoms with Crippen LogP contribution >= 0.6 is 0 Å². The van der Waals surface area contributed by atoms with Crippen molar-refractivity contribution >= 4 is 12.0 Å². The summed E-state index contributed by atoms with van der Waals surface area (Å²) in [6, 6.07) is 4.33. The second kappa shape index (κ2) is 4.84. The van der Waals surface area contributed by atoms with Crippen molar-refractivity contribution in [3.05, 3.63) is 29.6 Å². The zero-order valence-electron chi connectivity index (χ0n) is 9.77. The summed E-state index contributed by atoms with van der Waals surface area (Å²) in [5.41, 5.74) is 1.07. The number of anilines is 1. The second-order valence-electron chi connectivity index (χ2n) is 4.60. The first-order valence-electron chi connectivity index (χ1n) is 5.79. The molecule has 0 radical (unpaired) electrons. The topological polar surface area (TPSA) is 40.5 Å². The minimum absolute atomic E-state index is 0.220. The van der Waals surface area contributed by atoms with E-state index in [1.807, 2.05) is 4.90 Å². The lowest BCUT2D eigenvalue weighted by molar-refractivity contribution is 0.112. The van der Waals surface area contributed by atoms with Crippen LogP contribution in [0.25, 0.3) is 0 Å². The molecule has 0 aromatic heterocycles. The van der Waals surface area contributed by atoms with Gasteiger partial charge in [0.25, 0.3) is 0 Å². The van der Waals surface area contributed by atoms with Gasteiger partial charge >= 0.3 is 0 Å². The number of carbonyl (C=O) groups is 1. The van der Waals surface area contributed by atoms with Crippen molar-refractivity contribution in [2.75, 3.05) is 18.0 Å². The summed E-state index contributed by atoms with van der Waals surface area (Å²) >= 11 is 0. The number of hydrogen-bond donors (Lipinski definition) is 1. The van der Waals surface area contributed by atoms with Gasteiger partial charge in [-0.3, -0.25) is 4.79 Å². The van der Waals surface area contributed by atoms with Gasteiger partial charge in [-0.25, -0.2) is 4.39 Å². The van der Waals surface area contributed by atoms with E-state index in [1.165, 1.54) is 12.1 Å². The zero-order valence-corrected chi connectivity index (χ0v) is 9.77. The highest BCUT2D eigenvalue weighted by molar-refractivity contribution is 5.77. The summed E-state index contributed by atoms with van der Waals surface area (Å²) in [4.78, 5) is 12.7. The van der Waals surface area contributed by atoms with E-state index in [2.05, 4.69) is 0 Å². The molecule has 1 aromatic carbocycles. The van der Waals surface area contributed by atoms with Crippen molar-refractivity contribution in [3.63, 3.8) is 0 Å². The first-order chi connectivity index (χ1) is 8.10. The molecule has 4 heteroatoms. The smallest absolute Gasteiger partial charge is 0.150 e. The van der Waals surface area contributed by atoms with E-state index in [0.29, 0.717) is 18.4 Å². The van der Waals surface area contributed by atoms with Gasteiger partial charge in [0.1, 0.15) is 12.1 Å². The SMILES string of the molecule is CC(O)C1CCN(c2cc(F)cc(C=O)c2)C1. The number of carbonyl (C=O) groups excluding carboxylic acids is 1. The maximum Gasteiger partial charge on any atom is 0.150 e. The van der Waals surface area contributed by atoms with Crippen LogP contribution in [0.1, 0.15) is 23.7 Å². The van der Waals surface area contributed by atoms with Crippen LogP contribution in [0.4, 0.5) is 10.1 Å². The van der Waals surface area contributed by atoms with Gasteiger partial charge < -0.3 is 10.0 Å². The van der Waals surface area contributed by atoms with E-state index in [4.69, 9.17) is 0 Å². The average molecular weight is 237 g/mol. The Hall–Kier alpha value is -1.42. The third-order valence-electron chi connectivity index (χ3n) is 3.31. The molecule has 0 bridgehead atoms. The lowest BCUT2D eigenvalue weighted by atomic mass is 10.0. The molecular weight excluding hydrogens is 221 g/mol. The molecule has 1 N–H and O–H groups in total. The monoisotopic (exact) mass is 237 g/mol. The van der Waals surface area contributed by atoms with E-state index < -0.39 is 5.82 Å². The Balaban J connectivity index is 2.18. The predicted octanol–water partition coefficient (Wildman–Crippen LogP) is 1.85. The average Bonchev–Trinajstić information content (AvgIpc) is 2.77. The Bertz CT molecular complexity index is 420. The molecule has 1 saturated heterocycles. The number of nitrogens with zero attached hydrogens (tertiary/aromatic N) is 1. The molecule has 2 rings (SSSR count). The standard InChI is InChI=1S/C13H16FNO2/c1-9(17)11-2-3-15(7-11)13-5-10(8-16)4-12(14)6-13/h4-6,8-9,11,17H,2-3,7H2,1H3. The summed E-state index contributed by atoms with van der Waals surface area (Å²) in [6.07, 6.45) is 1.19. The molecule has 1 heterocycles. The van der Waals surface area contributed by atoms with Crippen LogP contribution in [-0.4, -0.2) is 30.6 Å². The first-order valence-corrected chi connectivity index (χ1v) is 5.79. The van der Waals surface area contributed by atoms with Crippen molar-refractivity contribution in [2.24, 2.45) is 5.92 Å². The minimum atomic E-state index is -0.398.